The molecule has 122 valence electrons. The normalized spacial score (nSPS) is 11.0. The molecule has 2 N–H and O–H groups in total. The van der Waals surface area contributed by atoms with Crippen molar-refractivity contribution in [3.63, 3.8) is 0 Å². The van der Waals surface area contributed by atoms with Crippen molar-refractivity contribution in [2.24, 2.45) is 0 Å². The van der Waals surface area contributed by atoms with Crippen LogP contribution in [0.5, 0.6) is 5.75 Å². The number of para-hydroxylation sites is 1. The smallest absolute Gasteiger partial charge is 0.270 e. The van der Waals surface area contributed by atoms with Crippen molar-refractivity contribution >= 4 is 11.6 Å². The van der Waals surface area contributed by atoms with Crippen molar-refractivity contribution in [1.82, 2.24) is 10.3 Å². The molecular weight excluding hydrogens is 290 g/mol. The van der Waals surface area contributed by atoms with E-state index < -0.39 is 0 Å². The summed E-state index contributed by atoms with van der Waals surface area (Å²) in [5, 5.41) is 6.17. The Bertz CT molecular complexity index is 661. The predicted octanol–water partition coefficient (Wildman–Crippen LogP) is 3.23. The van der Waals surface area contributed by atoms with Gasteiger partial charge in [-0.05, 0) is 39.0 Å². The van der Waals surface area contributed by atoms with E-state index >= 15 is 0 Å². The van der Waals surface area contributed by atoms with Crippen LogP contribution in [-0.4, -0.2) is 23.5 Å². The number of rotatable bonds is 5. The zero-order chi connectivity index (χ0) is 16.9. The van der Waals surface area contributed by atoms with Crippen molar-refractivity contribution in [2.75, 3.05) is 12.4 Å². The number of ether oxygens (including phenoxy) is 1. The lowest BCUT2D eigenvalue weighted by Crippen LogP contribution is -2.40. The van der Waals surface area contributed by atoms with Gasteiger partial charge in [-0.1, -0.05) is 18.2 Å². The van der Waals surface area contributed by atoms with Crippen LogP contribution in [0.15, 0.2) is 42.6 Å². The van der Waals surface area contributed by atoms with E-state index in [1.165, 1.54) is 0 Å². The van der Waals surface area contributed by atoms with Crippen molar-refractivity contribution in [3.05, 3.63) is 53.9 Å². The quantitative estimate of drug-likeness (QED) is 0.889. The number of nitrogens with zero attached hydrogens (tertiary/aromatic N) is 1. The van der Waals surface area contributed by atoms with Gasteiger partial charge in [0.1, 0.15) is 11.4 Å². The molecule has 0 bridgehead atoms. The number of carbonyl (C=O) groups is 1. The lowest BCUT2D eigenvalue weighted by Gasteiger charge is -2.20. The molecule has 2 aromatic rings. The van der Waals surface area contributed by atoms with Crippen molar-refractivity contribution in [2.45, 2.75) is 32.9 Å². The molecule has 5 heteroatoms. The number of benzene rings is 1. The Morgan fingerprint density at radius 1 is 1.17 bits per heavy atom. The van der Waals surface area contributed by atoms with E-state index in [4.69, 9.17) is 4.74 Å². The Morgan fingerprint density at radius 2 is 1.91 bits per heavy atom. The summed E-state index contributed by atoms with van der Waals surface area (Å²) >= 11 is 0. The van der Waals surface area contributed by atoms with Crippen LogP contribution in [0, 0.1) is 0 Å². The fourth-order valence-corrected chi connectivity index (χ4v) is 2.08. The van der Waals surface area contributed by atoms with Gasteiger partial charge in [-0.25, -0.2) is 4.98 Å². The highest BCUT2D eigenvalue weighted by atomic mass is 16.5. The molecule has 0 spiro atoms. The Labute approximate surface area is 137 Å². The molecule has 1 heterocycles. The topological polar surface area (TPSA) is 63.2 Å². The third-order valence-corrected chi connectivity index (χ3v) is 3.16. The molecule has 1 aromatic heterocycles. The maximum absolute atomic E-state index is 12.0. The molecule has 1 amide bonds. The van der Waals surface area contributed by atoms with Crippen LogP contribution in [0.2, 0.25) is 0 Å². The number of methoxy groups -OCH3 is 1. The first-order chi connectivity index (χ1) is 10.9. The minimum absolute atomic E-state index is 0.172. The van der Waals surface area contributed by atoms with Gasteiger partial charge in [-0.2, -0.15) is 0 Å². The van der Waals surface area contributed by atoms with Gasteiger partial charge in [0.2, 0.25) is 0 Å². The number of anilines is 1. The summed E-state index contributed by atoms with van der Waals surface area (Å²) < 4.78 is 5.32. The van der Waals surface area contributed by atoms with Gasteiger partial charge in [0.25, 0.3) is 5.91 Å². The van der Waals surface area contributed by atoms with Gasteiger partial charge in [-0.3, -0.25) is 4.79 Å². The van der Waals surface area contributed by atoms with Crippen LogP contribution in [0.1, 0.15) is 36.8 Å². The molecule has 0 saturated carbocycles. The molecule has 2 rings (SSSR count). The Hall–Kier alpha value is -2.56. The third kappa shape index (κ3) is 4.98. The van der Waals surface area contributed by atoms with E-state index in [2.05, 4.69) is 15.6 Å². The van der Waals surface area contributed by atoms with E-state index in [1.807, 2.05) is 51.1 Å². The molecule has 0 radical (unpaired) electrons. The SMILES string of the molecule is COc1ccccc1CNc1ccc(C(=O)NC(C)(C)C)nc1. The van der Waals surface area contributed by atoms with Gasteiger partial charge in [0, 0.05) is 17.6 Å². The predicted molar refractivity (Wildman–Crippen MR) is 91.8 cm³/mol. The van der Waals surface area contributed by atoms with Gasteiger partial charge < -0.3 is 15.4 Å². The number of hydrogen-bond acceptors (Lipinski definition) is 4. The molecule has 1 aromatic carbocycles. The minimum Gasteiger partial charge on any atom is -0.496 e. The number of nitrogens with one attached hydrogen (secondary N) is 2. The molecule has 0 unspecified atom stereocenters. The number of aromatic nitrogens is 1. The van der Waals surface area contributed by atoms with Crippen LogP contribution in [-0.2, 0) is 6.54 Å². The lowest BCUT2D eigenvalue weighted by atomic mass is 10.1. The average Bonchev–Trinajstić information content (AvgIpc) is 2.52. The van der Waals surface area contributed by atoms with Crippen LogP contribution in [0.25, 0.3) is 0 Å². The molecule has 0 aliphatic heterocycles. The third-order valence-electron chi connectivity index (χ3n) is 3.16. The molecule has 0 saturated heterocycles. The summed E-state index contributed by atoms with van der Waals surface area (Å²) in [6.07, 6.45) is 1.66. The molecule has 0 atom stereocenters. The van der Waals surface area contributed by atoms with Gasteiger partial charge in [-0.15, -0.1) is 0 Å². The Balaban J connectivity index is 1.99. The average molecular weight is 313 g/mol. The van der Waals surface area contributed by atoms with Gasteiger partial charge >= 0.3 is 0 Å². The van der Waals surface area contributed by atoms with Crippen molar-refractivity contribution in [3.8, 4) is 5.75 Å². The van der Waals surface area contributed by atoms with Crippen molar-refractivity contribution < 1.29 is 9.53 Å². The number of amides is 1. The standard InChI is InChI=1S/C18H23N3O2/c1-18(2,3)21-17(22)15-10-9-14(12-20-15)19-11-13-7-5-6-8-16(13)23-4/h5-10,12,19H,11H2,1-4H3,(H,21,22). The molecule has 5 nitrogen and oxygen atoms in total. The van der Waals surface area contributed by atoms with E-state index in [0.29, 0.717) is 12.2 Å². The minimum atomic E-state index is -0.278. The summed E-state index contributed by atoms with van der Waals surface area (Å²) in [7, 11) is 1.66. The second-order valence-corrected chi connectivity index (χ2v) is 6.30. The molecule has 0 aliphatic carbocycles. The highest BCUT2D eigenvalue weighted by molar-refractivity contribution is 5.92. The Morgan fingerprint density at radius 3 is 2.52 bits per heavy atom. The summed E-state index contributed by atoms with van der Waals surface area (Å²) in [5.41, 5.74) is 2.04. The summed E-state index contributed by atoms with van der Waals surface area (Å²) in [6, 6.07) is 11.4. The van der Waals surface area contributed by atoms with E-state index in [9.17, 15) is 4.79 Å². The fourth-order valence-electron chi connectivity index (χ4n) is 2.08. The van der Waals surface area contributed by atoms with Crippen molar-refractivity contribution in [1.29, 1.82) is 0 Å². The molecule has 0 aliphatic rings. The molecule has 0 fully saturated rings. The summed E-state index contributed by atoms with van der Waals surface area (Å²) in [6.45, 7) is 6.44. The van der Waals surface area contributed by atoms with Gasteiger partial charge in [0.15, 0.2) is 0 Å². The Kier molecular flexibility index (Phi) is 5.21. The maximum Gasteiger partial charge on any atom is 0.270 e. The number of pyridine rings is 1. The van der Waals surface area contributed by atoms with Crippen LogP contribution >= 0.6 is 0 Å². The largest absolute Gasteiger partial charge is 0.496 e. The first-order valence-electron chi connectivity index (χ1n) is 7.53. The van der Waals surface area contributed by atoms with Gasteiger partial charge in [0.05, 0.1) is 19.0 Å². The number of hydrogen-bond donors (Lipinski definition) is 2. The van der Waals surface area contributed by atoms with E-state index in [-0.39, 0.29) is 11.4 Å². The van der Waals surface area contributed by atoms with Crippen LogP contribution in [0.3, 0.4) is 0 Å². The lowest BCUT2D eigenvalue weighted by molar-refractivity contribution is 0.0914. The van der Waals surface area contributed by atoms with Crippen LogP contribution in [0.4, 0.5) is 5.69 Å². The summed E-state index contributed by atoms with van der Waals surface area (Å²) in [5.74, 6) is 0.669. The first-order valence-corrected chi connectivity index (χ1v) is 7.53. The second-order valence-electron chi connectivity index (χ2n) is 6.30. The second kappa shape index (κ2) is 7.13. The summed E-state index contributed by atoms with van der Waals surface area (Å²) in [4.78, 5) is 16.2. The number of carbonyl (C=O) groups excluding carboxylic acids is 1. The van der Waals surface area contributed by atoms with E-state index in [0.717, 1.165) is 17.0 Å². The highest BCUT2D eigenvalue weighted by Gasteiger charge is 2.16. The monoisotopic (exact) mass is 313 g/mol. The fraction of sp³-hybridized carbons (Fsp3) is 0.333. The zero-order valence-electron chi connectivity index (χ0n) is 14.0. The first kappa shape index (κ1) is 16.8. The molecular formula is C18H23N3O2. The maximum atomic E-state index is 12.0. The van der Waals surface area contributed by atoms with Crippen LogP contribution < -0.4 is 15.4 Å². The van der Waals surface area contributed by atoms with E-state index in [1.54, 1.807) is 19.4 Å². The molecule has 23 heavy (non-hydrogen) atoms. The zero-order valence-corrected chi connectivity index (χ0v) is 14.0. The highest BCUT2D eigenvalue weighted by Crippen LogP contribution is 2.18.